The van der Waals surface area contributed by atoms with Gasteiger partial charge in [0.25, 0.3) is 0 Å². The molecule has 1 saturated heterocycles. The molecule has 1 aliphatic rings. The Hall–Kier alpha value is -5.03. The number of esters is 1. The first-order valence-corrected chi connectivity index (χ1v) is 14.5. The van der Waals surface area contributed by atoms with Crippen LogP contribution in [0.25, 0.3) is 27.6 Å². The molecular weight excluding hydrogens is 544 g/mol. The van der Waals surface area contributed by atoms with E-state index in [0.717, 1.165) is 27.5 Å². The van der Waals surface area contributed by atoms with Crippen LogP contribution in [-0.2, 0) is 9.53 Å². The van der Waals surface area contributed by atoms with Gasteiger partial charge >= 0.3 is 12.0 Å². The first kappa shape index (κ1) is 28.1. The zero-order valence-corrected chi connectivity index (χ0v) is 24.2. The minimum atomic E-state index is -0.293. The lowest BCUT2D eigenvalue weighted by atomic mass is 10.0. The second-order valence-corrected chi connectivity index (χ2v) is 10.5. The number of benzene rings is 3. The van der Waals surface area contributed by atoms with E-state index in [4.69, 9.17) is 9.72 Å². The molecule has 2 N–H and O–H groups in total. The van der Waals surface area contributed by atoms with E-state index in [9.17, 15) is 9.59 Å². The van der Waals surface area contributed by atoms with Crippen LogP contribution in [0.2, 0.25) is 0 Å². The second-order valence-electron chi connectivity index (χ2n) is 10.5. The lowest BCUT2D eigenvalue weighted by Crippen LogP contribution is -2.61. The monoisotopic (exact) mass is 578 g/mol. The Bertz CT molecular complexity index is 1750. The highest BCUT2D eigenvalue weighted by Crippen LogP contribution is 2.24. The molecule has 0 spiro atoms. The number of fused-ring (bicyclic) bond motifs is 2. The Morgan fingerprint density at radius 2 is 1.81 bits per heavy atom. The van der Waals surface area contributed by atoms with Crippen molar-refractivity contribution in [2.75, 3.05) is 43.4 Å². The molecule has 43 heavy (non-hydrogen) atoms. The van der Waals surface area contributed by atoms with Crippen molar-refractivity contribution in [1.82, 2.24) is 29.3 Å². The number of nitrogens with zero attached hydrogens (tertiary/aromatic N) is 6. The van der Waals surface area contributed by atoms with Gasteiger partial charge < -0.3 is 20.3 Å². The second kappa shape index (κ2) is 12.5. The maximum absolute atomic E-state index is 13.5. The summed E-state index contributed by atoms with van der Waals surface area (Å²) in [7, 11) is 0. The van der Waals surface area contributed by atoms with Crippen molar-refractivity contribution >= 4 is 45.4 Å². The van der Waals surface area contributed by atoms with Crippen molar-refractivity contribution in [2.45, 2.75) is 25.9 Å². The number of carbonyl (C=O) groups excluding carboxylic acids is 2. The van der Waals surface area contributed by atoms with Crippen LogP contribution in [0, 0.1) is 0 Å². The summed E-state index contributed by atoms with van der Waals surface area (Å²) in [6.45, 7) is 5.63. The fraction of sp³-hybridized carbons (Fsp3) is 0.281. The maximum atomic E-state index is 13.5. The smallest absolute Gasteiger partial charge is 0.321 e. The number of anilines is 2. The number of urea groups is 1. The number of para-hydroxylation sites is 2. The van der Waals surface area contributed by atoms with Gasteiger partial charge in [-0.2, -0.15) is 4.98 Å². The minimum Gasteiger partial charge on any atom is -0.465 e. The van der Waals surface area contributed by atoms with E-state index < -0.39 is 0 Å². The summed E-state index contributed by atoms with van der Waals surface area (Å²) in [5.74, 6) is 0.830. The molecule has 3 heterocycles. The van der Waals surface area contributed by atoms with E-state index in [1.165, 1.54) is 0 Å². The number of hydrogen-bond acceptors (Lipinski definition) is 8. The van der Waals surface area contributed by atoms with Gasteiger partial charge in [0, 0.05) is 43.3 Å². The van der Waals surface area contributed by atoms with E-state index in [1.807, 2.05) is 84.3 Å². The summed E-state index contributed by atoms with van der Waals surface area (Å²) in [6, 6.07) is 22.9. The van der Waals surface area contributed by atoms with Crippen LogP contribution in [0.1, 0.15) is 13.8 Å². The molecule has 0 radical (unpaired) electrons. The molecule has 2 aromatic heterocycles. The minimum absolute atomic E-state index is 0.130. The Labute approximate surface area is 249 Å². The predicted molar refractivity (Wildman–Crippen MR) is 166 cm³/mol. The number of rotatable bonds is 8. The molecule has 11 nitrogen and oxygen atoms in total. The molecule has 0 saturated carbocycles. The summed E-state index contributed by atoms with van der Waals surface area (Å²) in [5, 5.41) is 8.56. The van der Waals surface area contributed by atoms with Gasteiger partial charge in [-0.3, -0.25) is 14.3 Å². The number of ether oxygens (including phenoxy) is 1. The van der Waals surface area contributed by atoms with Crippen molar-refractivity contribution in [3.05, 3.63) is 85.3 Å². The third-order valence-corrected chi connectivity index (χ3v) is 7.76. The van der Waals surface area contributed by atoms with Gasteiger partial charge in [0.05, 0.1) is 29.9 Å². The lowest BCUT2D eigenvalue weighted by Gasteiger charge is -2.43. The Balaban J connectivity index is 1.21. The van der Waals surface area contributed by atoms with Gasteiger partial charge in [-0.25, -0.2) is 14.8 Å². The third-order valence-electron chi connectivity index (χ3n) is 7.76. The first-order chi connectivity index (χ1) is 21.0. The molecule has 0 aliphatic carbocycles. The number of piperazine rings is 1. The van der Waals surface area contributed by atoms with Crippen LogP contribution >= 0.6 is 0 Å². The summed E-state index contributed by atoms with van der Waals surface area (Å²) in [4.78, 5) is 43.5. The standard InChI is InChI=1S/C32H34N8O3/c1-3-43-30(41)20-38-17-18-39(32(42)36-25-13-8-10-23-9-4-5-11-24(23)25)19-28(38)22(2)35-31-33-16-15-29(37-31)40-21-34-26-12-6-7-14-27(26)40/h4-16,21-22,28H,3,17-20H2,1-2H3,(H,36,42)(H,33,35,37)/t22-,28+/m0/s1. The van der Waals surface area contributed by atoms with Crippen LogP contribution in [0.4, 0.5) is 16.4 Å². The molecule has 11 heteroatoms. The van der Waals surface area contributed by atoms with E-state index in [-0.39, 0.29) is 30.6 Å². The molecular formula is C32H34N8O3. The van der Waals surface area contributed by atoms with E-state index in [2.05, 4.69) is 25.5 Å². The molecule has 2 amide bonds. The number of hydrogen-bond donors (Lipinski definition) is 2. The zero-order chi connectivity index (χ0) is 29.8. The van der Waals surface area contributed by atoms with Gasteiger partial charge in [0.15, 0.2) is 0 Å². The summed E-state index contributed by atoms with van der Waals surface area (Å²) in [5.41, 5.74) is 2.58. The van der Waals surface area contributed by atoms with Crippen molar-refractivity contribution in [3.8, 4) is 5.82 Å². The van der Waals surface area contributed by atoms with Crippen molar-refractivity contribution < 1.29 is 14.3 Å². The molecule has 6 rings (SSSR count). The molecule has 220 valence electrons. The highest BCUT2D eigenvalue weighted by atomic mass is 16.5. The number of carbonyl (C=O) groups is 2. The third kappa shape index (κ3) is 6.12. The largest absolute Gasteiger partial charge is 0.465 e. The van der Waals surface area contributed by atoms with Crippen LogP contribution in [-0.4, -0.2) is 86.2 Å². The predicted octanol–water partition coefficient (Wildman–Crippen LogP) is 4.55. The van der Waals surface area contributed by atoms with Gasteiger partial charge in [-0.05, 0) is 43.5 Å². The van der Waals surface area contributed by atoms with Gasteiger partial charge in [-0.15, -0.1) is 0 Å². The quantitative estimate of drug-likeness (QED) is 0.258. The van der Waals surface area contributed by atoms with Crippen LogP contribution < -0.4 is 10.6 Å². The van der Waals surface area contributed by atoms with Crippen LogP contribution in [0.5, 0.6) is 0 Å². The molecule has 0 bridgehead atoms. The fourth-order valence-electron chi connectivity index (χ4n) is 5.60. The Morgan fingerprint density at radius 1 is 1.00 bits per heavy atom. The van der Waals surface area contributed by atoms with Gasteiger partial charge in [-0.1, -0.05) is 48.5 Å². The van der Waals surface area contributed by atoms with Crippen molar-refractivity contribution in [2.24, 2.45) is 0 Å². The van der Waals surface area contributed by atoms with Gasteiger partial charge in [0.2, 0.25) is 5.95 Å². The number of aromatic nitrogens is 4. The average molecular weight is 579 g/mol. The van der Waals surface area contributed by atoms with E-state index >= 15 is 0 Å². The molecule has 2 atom stereocenters. The van der Waals surface area contributed by atoms with E-state index in [0.29, 0.717) is 38.0 Å². The van der Waals surface area contributed by atoms with Crippen molar-refractivity contribution in [1.29, 1.82) is 0 Å². The Kier molecular flexibility index (Phi) is 8.14. The topological polar surface area (TPSA) is 118 Å². The highest BCUT2D eigenvalue weighted by Gasteiger charge is 2.35. The molecule has 1 aliphatic heterocycles. The van der Waals surface area contributed by atoms with Crippen LogP contribution in [0.3, 0.4) is 0 Å². The number of imidazole rings is 1. The molecule has 5 aromatic rings. The van der Waals surface area contributed by atoms with Crippen LogP contribution in [0.15, 0.2) is 85.3 Å². The SMILES string of the molecule is CCOC(=O)CN1CCN(C(=O)Nc2cccc3ccccc23)C[C@@H]1[C@H](C)Nc1nccc(-n2cnc3ccccc32)n1. The summed E-state index contributed by atoms with van der Waals surface area (Å²) >= 11 is 0. The van der Waals surface area contributed by atoms with Gasteiger partial charge in [0.1, 0.15) is 12.1 Å². The summed E-state index contributed by atoms with van der Waals surface area (Å²) in [6.07, 6.45) is 3.45. The molecule has 1 fully saturated rings. The molecule has 3 aromatic carbocycles. The summed E-state index contributed by atoms with van der Waals surface area (Å²) < 4.78 is 7.17. The zero-order valence-electron chi connectivity index (χ0n) is 24.2. The fourth-order valence-corrected chi connectivity index (χ4v) is 5.60. The van der Waals surface area contributed by atoms with Crippen molar-refractivity contribution in [3.63, 3.8) is 0 Å². The lowest BCUT2D eigenvalue weighted by molar-refractivity contribution is -0.145. The number of amides is 2. The maximum Gasteiger partial charge on any atom is 0.321 e. The number of nitrogens with one attached hydrogen (secondary N) is 2. The Morgan fingerprint density at radius 3 is 2.70 bits per heavy atom. The first-order valence-electron chi connectivity index (χ1n) is 14.5. The highest BCUT2D eigenvalue weighted by molar-refractivity contribution is 6.01. The molecule has 0 unspecified atom stereocenters. The average Bonchev–Trinajstić information content (AvgIpc) is 3.46. The van der Waals surface area contributed by atoms with E-state index in [1.54, 1.807) is 24.3 Å². The normalized spacial score (nSPS) is 16.2.